The molecule has 8 heteroatoms. The molecule has 0 saturated carbocycles. The van der Waals surface area contributed by atoms with E-state index in [-0.39, 0.29) is 22.5 Å². The monoisotopic (exact) mass is 418 g/mol. The molecule has 0 aliphatic heterocycles. The number of carbonyl (C=O) groups is 2. The SMILES string of the molecule is CCNC(=O)c1cc2ccc(OC(=O)/C(C#N)=C/c3ccccc3OC)cc2oc1=O. The minimum atomic E-state index is -0.881. The van der Waals surface area contributed by atoms with Crippen molar-refractivity contribution in [2.75, 3.05) is 13.7 Å². The first-order chi connectivity index (χ1) is 15.0. The highest BCUT2D eigenvalue weighted by Gasteiger charge is 2.16. The predicted molar refractivity (Wildman–Crippen MR) is 113 cm³/mol. The number of esters is 1. The molecular formula is C23H18N2O6. The van der Waals surface area contributed by atoms with Crippen molar-refractivity contribution in [1.82, 2.24) is 5.32 Å². The Labute approximate surface area is 177 Å². The molecule has 1 amide bonds. The summed E-state index contributed by atoms with van der Waals surface area (Å²) in [6, 6.07) is 14.5. The average Bonchev–Trinajstić information content (AvgIpc) is 2.77. The van der Waals surface area contributed by atoms with Crippen LogP contribution < -0.4 is 20.4 Å². The van der Waals surface area contributed by atoms with Crippen molar-refractivity contribution in [2.45, 2.75) is 6.92 Å². The number of hydrogen-bond acceptors (Lipinski definition) is 7. The number of rotatable bonds is 6. The van der Waals surface area contributed by atoms with Gasteiger partial charge in [-0.2, -0.15) is 5.26 Å². The minimum absolute atomic E-state index is 0.0765. The van der Waals surface area contributed by atoms with Crippen molar-refractivity contribution in [2.24, 2.45) is 0 Å². The lowest BCUT2D eigenvalue weighted by molar-refractivity contribution is -0.129. The van der Waals surface area contributed by atoms with Crippen LogP contribution in [0.25, 0.3) is 17.0 Å². The number of fused-ring (bicyclic) bond motifs is 1. The van der Waals surface area contributed by atoms with Gasteiger partial charge in [-0.05, 0) is 37.3 Å². The summed E-state index contributed by atoms with van der Waals surface area (Å²) in [6.45, 7) is 2.10. The molecule has 0 spiro atoms. The lowest BCUT2D eigenvalue weighted by Gasteiger charge is -2.07. The zero-order valence-electron chi connectivity index (χ0n) is 16.8. The van der Waals surface area contributed by atoms with E-state index in [0.717, 1.165) is 0 Å². The van der Waals surface area contributed by atoms with Gasteiger partial charge in [0.1, 0.15) is 34.3 Å². The highest BCUT2D eigenvalue weighted by Crippen LogP contribution is 2.23. The molecule has 0 unspecified atom stereocenters. The van der Waals surface area contributed by atoms with E-state index in [4.69, 9.17) is 13.9 Å². The lowest BCUT2D eigenvalue weighted by atomic mass is 10.1. The molecule has 0 aliphatic carbocycles. The van der Waals surface area contributed by atoms with Crippen molar-refractivity contribution in [3.05, 3.63) is 75.7 Å². The number of amides is 1. The molecular weight excluding hydrogens is 400 g/mol. The fourth-order valence-electron chi connectivity index (χ4n) is 2.81. The highest BCUT2D eigenvalue weighted by atomic mass is 16.5. The Kier molecular flexibility index (Phi) is 6.48. The maximum Gasteiger partial charge on any atom is 0.354 e. The lowest BCUT2D eigenvalue weighted by Crippen LogP contribution is -2.27. The maximum absolute atomic E-state index is 12.5. The molecule has 156 valence electrons. The number of nitrogens with one attached hydrogen (secondary N) is 1. The molecule has 1 N–H and O–H groups in total. The zero-order valence-corrected chi connectivity index (χ0v) is 16.8. The summed E-state index contributed by atoms with van der Waals surface area (Å²) in [6.07, 6.45) is 1.36. The summed E-state index contributed by atoms with van der Waals surface area (Å²) in [5.41, 5.74) is -0.490. The number of nitrogens with zero attached hydrogens (tertiary/aromatic N) is 1. The third-order valence-electron chi connectivity index (χ3n) is 4.28. The summed E-state index contributed by atoms with van der Waals surface area (Å²) in [5.74, 6) is -0.839. The van der Waals surface area contributed by atoms with Gasteiger partial charge in [0.05, 0.1) is 7.11 Å². The molecule has 0 bridgehead atoms. The van der Waals surface area contributed by atoms with Crippen molar-refractivity contribution in [3.8, 4) is 17.6 Å². The second-order valence-corrected chi connectivity index (χ2v) is 6.31. The van der Waals surface area contributed by atoms with Crippen LogP contribution in [-0.4, -0.2) is 25.5 Å². The Bertz CT molecular complexity index is 1280. The van der Waals surface area contributed by atoms with Crippen LogP contribution in [-0.2, 0) is 4.79 Å². The van der Waals surface area contributed by atoms with E-state index in [1.54, 1.807) is 37.3 Å². The van der Waals surface area contributed by atoms with Crippen molar-refractivity contribution >= 4 is 28.9 Å². The Morgan fingerprint density at radius 1 is 1.19 bits per heavy atom. The van der Waals surface area contributed by atoms with Gasteiger partial charge < -0.3 is 19.2 Å². The number of benzene rings is 2. The molecule has 0 atom stereocenters. The number of para-hydroxylation sites is 1. The first-order valence-electron chi connectivity index (χ1n) is 9.30. The number of carbonyl (C=O) groups excluding carboxylic acids is 2. The van der Waals surface area contributed by atoms with Gasteiger partial charge >= 0.3 is 11.6 Å². The fraction of sp³-hybridized carbons (Fsp3) is 0.130. The molecule has 31 heavy (non-hydrogen) atoms. The van der Waals surface area contributed by atoms with Gasteiger partial charge in [-0.25, -0.2) is 9.59 Å². The van der Waals surface area contributed by atoms with Crippen molar-refractivity contribution in [3.63, 3.8) is 0 Å². The quantitative estimate of drug-likeness (QED) is 0.215. The molecule has 2 aromatic carbocycles. The second kappa shape index (κ2) is 9.41. The van der Waals surface area contributed by atoms with E-state index < -0.39 is 17.5 Å². The molecule has 8 nitrogen and oxygen atoms in total. The Balaban J connectivity index is 1.88. The Morgan fingerprint density at radius 2 is 1.97 bits per heavy atom. The van der Waals surface area contributed by atoms with Crippen LogP contribution in [0.4, 0.5) is 0 Å². The Hall–Kier alpha value is -4.38. The molecule has 3 aromatic rings. The highest BCUT2D eigenvalue weighted by molar-refractivity contribution is 6.00. The van der Waals surface area contributed by atoms with E-state index in [2.05, 4.69) is 5.32 Å². The number of methoxy groups -OCH3 is 1. The largest absolute Gasteiger partial charge is 0.496 e. The number of nitriles is 1. The van der Waals surface area contributed by atoms with Crippen LogP contribution >= 0.6 is 0 Å². The predicted octanol–water partition coefficient (Wildman–Crippen LogP) is 3.06. The summed E-state index contributed by atoms with van der Waals surface area (Å²) < 4.78 is 15.7. The van der Waals surface area contributed by atoms with E-state index in [1.165, 1.54) is 31.4 Å². The second-order valence-electron chi connectivity index (χ2n) is 6.31. The molecule has 1 heterocycles. The zero-order chi connectivity index (χ0) is 22.4. The summed E-state index contributed by atoms with van der Waals surface area (Å²) in [4.78, 5) is 36.5. The Morgan fingerprint density at radius 3 is 2.68 bits per heavy atom. The fourth-order valence-corrected chi connectivity index (χ4v) is 2.81. The first-order valence-corrected chi connectivity index (χ1v) is 9.30. The van der Waals surface area contributed by atoms with Gasteiger partial charge in [0.2, 0.25) is 0 Å². The molecule has 0 saturated heterocycles. The van der Waals surface area contributed by atoms with Crippen LogP contribution in [0.1, 0.15) is 22.8 Å². The van der Waals surface area contributed by atoms with Gasteiger partial charge in [-0.1, -0.05) is 18.2 Å². The van der Waals surface area contributed by atoms with Crippen LogP contribution in [0.15, 0.2) is 63.3 Å². The third-order valence-corrected chi connectivity index (χ3v) is 4.28. The van der Waals surface area contributed by atoms with Crippen molar-refractivity contribution < 1.29 is 23.5 Å². The van der Waals surface area contributed by atoms with Crippen LogP contribution in [0.2, 0.25) is 0 Å². The van der Waals surface area contributed by atoms with E-state index in [0.29, 0.717) is 23.2 Å². The summed E-state index contributed by atoms with van der Waals surface area (Å²) in [7, 11) is 1.48. The van der Waals surface area contributed by atoms with Crippen molar-refractivity contribution in [1.29, 1.82) is 5.26 Å². The summed E-state index contributed by atoms with van der Waals surface area (Å²) in [5, 5.41) is 12.4. The van der Waals surface area contributed by atoms with Gasteiger partial charge in [0, 0.05) is 23.6 Å². The summed E-state index contributed by atoms with van der Waals surface area (Å²) >= 11 is 0. The average molecular weight is 418 g/mol. The topological polar surface area (TPSA) is 119 Å². The molecule has 0 aliphatic rings. The molecule has 3 rings (SSSR count). The first kappa shape index (κ1) is 21.3. The minimum Gasteiger partial charge on any atom is -0.496 e. The molecule has 0 fully saturated rings. The normalized spacial score (nSPS) is 10.9. The smallest absolute Gasteiger partial charge is 0.354 e. The molecule has 1 aromatic heterocycles. The van der Waals surface area contributed by atoms with E-state index in [1.807, 2.05) is 6.07 Å². The van der Waals surface area contributed by atoms with Crippen LogP contribution in [0.3, 0.4) is 0 Å². The standard InChI is InChI=1S/C23H18N2O6/c1-3-25-21(26)18-11-15-8-9-17(12-20(15)31-23(18)28)30-22(27)16(13-24)10-14-6-4-5-7-19(14)29-2/h4-12H,3H2,1-2H3,(H,25,26)/b16-10+. The van der Waals surface area contributed by atoms with Gasteiger partial charge in [-0.3, -0.25) is 4.79 Å². The van der Waals surface area contributed by atoms with E-state index in [9.17, 15) is 19.6 Å². The van der Waals surface area contributed by atoms with E-state index >= 15 is 0 Å². The van der Waals surface area contributed by atoms with Crippen LogP contribution in [0.5, 0.6) is 11.5 Å². The third kappa shape index (κ3) is 4.79. The molecule has 0 radical (unpaired) electrons. The van der Waals surface area contributed by atoms with Gasteiger partial charge in [0.25, 0.3) is 5.91 Å². The van der Waals surface area contributed by atoms with Crippen LogP contribution in [0, 0.1) is 11.3 Å². The van der Waals surface area contributed by atoms with Gasteiger partial charge in [0.15, 0.2) is 0 Å². The number of hydrogen-bond donors (Lipinski definition) is 1. The number of ether oxygens (including phenoxy) is 2. The maximum atomic E-state index is 12.5. The van der Waals surface area contributed by atoms with Gasteiger partial charge in [-0.15, -0.1) is 0 Å².